The lowest BCUT2D eigenvalue weighted by atomic mass is 9.92. The summed E-state index contributed by atoms with van der Waals surface area (Å²) in [5.74, 6) is 0.780. The summed E-state index contributed by atoms with van der Waals surface area (Å²) in [6.07, 6.45) is 9.38. The number of hydrogen-bond acceptors (Lipinski definition) is 2. The highest BCUT2D eigenvalue weighted by molar-refractivity contribution is 7.12. The molecule has 1 aromatic rings. The highest BCUT2D eigenvalue weighted by Crippen LogP contribution is 2.36. The van der Waals surface area contributed by atoms with E-state index in [-0.39, 0.29) is 0 Å². The molecule has 1 unspecified atom stereocenters. The Hall–Kier alpha value is -0.340. The molecule has 0 fully saturated rings. The van der Waals surface area contributed by atoms with E-state index in [4.69, 9.17) is 0 Å². The van der Waals surface area contributed by atoms with E-state index < -0.39 is 0 Å². The number of thiophene rings is 1. The second-order valence-electron chi connectivity index (χ2n) is 5.77. The van der Waals surface area contributed by atoms with Crippen LogP contribution >= 0.6 is 11.3 Å². The molecule has 0 radical (unpaired) electrons. The van der Waals surface area contributed by atoms with Gasteiger partial charge in [-0.05, 0) is 49.8 Å². The van der Waals surface area contributed by atoms with Crippen LogP contribution in [0.3, 0.4) is 0 Å². The molecule has 1 aliphatic carbocycles. The SMILES string of the molecule is CCNC(c1cc2c(s1)CCCCC2)C(CC)CC. The zero-order valence-electron chi connectivity index (χ0n) is 12.8. The fraction of sp³-hybridized carbons (Fsp3) is 0.765. The van der Waals surface area contributed by atoms with Crippen LogP contribution in [0.2, 0.25) is 0 Å². The Morgan fingerprint density at radius 3 is 2.53 bits per heavy atom. The van der Waals surface area contributed by atoms with Gasteiger partial charge in [0.2, 0.25) is 0 Å². The highest BCUT2D eigenvalue weighted by Gasteiger charge is 2.23. The van der Waals surface area contributed by atoms with E-state index >= 15 is 0 Å². The van der Waals surface area contributed by atoms with E-state index in [1.165, 1.54) is 44.9 Å². The lowest BCUT2D eigenvalue weighted by Gasteiger charge is -2.25. The Labute approximate surface area is 122 Å². The molecule has 19 heavy (non-hydrogen) atoms. The van der Waals surface area contributed by atoms with Gasteiger partial charge in [0.15, 0.2) is 0 Å². The second-order valence-corrected chi connectivity index (χ2v) is 6.94. The summed E-state index contributed by atoms with van der Waals surface area (Å²) in [4.78, 5) is 3.28. The molecule has 0 aliphatic heterocycles. The van der Waals surface area contributed by atoms with E-state index in [9.17, 15) is 0 Å². The van der Waals surface area contributed by atoms with Crippen molar-refractivity contribution in [3.63, 3.8) is 0 Å². The molecule has 108 valence electrons. The van der Waals surface area contributed by atoms with Crippen LogP contribution in [0.4, 0.5) is 0 Å². The van der Waals surface area contributed by atoms with E-state index in [1.54, 1.807) is 15.3 Å². The maximum atomic E-state index is 3.74. The topological polar surface area (TPSA) is 12.0 Å². The predicted octanol–water partition coefficient (Wildman–Crippen LogP) is 5.10. The maximum Gasteiger partial charge on any atom is 0.0443 e. The van der Waals surface area contributed by atoms with Gasteiger partial charge in [-0.15, -0.1) is 11.3 Å². The van der Waals surface area contributed by atoms with Gasteiger partial charge >= 0.3 is 0 Å². The minimum atomic E-state index is 0.580. The monoisotopic (exact) mass is 279 g/mol. The largest absolute Gasteiger partial charge is 0.309 e. The van der Waals surface area contributed by atoms with Gasteiger partial charge < -0.3 is 5.32 Å². The Kier molecular flexibility index (Phi) is 5.90. The first kappa shape index (κ1) is 15.1. The van der Waals surface area contributed by atoms with Crippen LogP contribution in [0.15, 0.2) is 6.07 Å². The molecule has 0 spiro atoms. The molecule has 1 aliphatic rings. The van der Waals surface area contributed by atoms with Crippen molar-refractivity contribution < 1.29 is 0 Å². The summed E-state index contributed by atoms with van der Waals surface area (Å²) in [6, 6.07) is 3.11. The molecular weight excluding hydrogens is 250 g/mol. The van der Waals surface area contributed by atoms with Crippen LogP contribution in [-0.2, 0) is 12.8 Å². The second kappa shape index (κ2) is 7.44. The molecule has 1 heterocycles. The molecule has 0 amide bonds. The van der Waals surface area contributed by atoms with Gasteiger partial charge in [-0.2, -0.15) is 0 Å². The number of rotatable bonds is 6. The minimum Gasteiger partial charge on any atom is -0.309 e. The fourth-order valence-electron chi connectivity index (χ4n) is 3.32. The van der Waals surface area contributed by atoms with Crippen molar-refractivity contribution in [2.75, 3.05) is 6.54 Å². The van der Waals surface area contributed by atoms with Gasteiger partial charge in [0.25, 0.3) is 0 Å². The summed E-state index contributed by atoms with van der Waals surface area (Å²) >= 11 is 2.09. The number of nitrogens with one attached hydrogen (secondary N) is 1. The highest BCUT2D eigenvalue weighted by atomic mass is 32.1. The summed E-state index contributed by atoms with van der Waals surface area (Å²) in [5.41, 5.74) is 1.66. The normalized spacial score (nSPS) is 17.3. The lowest BCUT2D eigenvalue weighted by Crippen LogP contribution is -2.27. The van der Waals surface area contributed by atoms with E-state index in [0.717, 1.165) is 12.5 Å². The van der Waals surface area contributed by atoms with Crippen molar-refractivity contribution in [1.29, 1.82) is 0 Å². The van der Waals surface area contributed by atoms with Crippen LogP contribution in [-0.4, -0.2) is 6.54 Å². The van der Waals surface area contributed by atoms with Crippen LogP contribution in [0.5, 0.6) is 0 Å². The van der Waals surface area contributed by atoms with Gasteiger partial charge in [-0.3, -0.25) is 0 Å². The van der Waals surface area contributed by atoms with Crippen LogP contribution in [0.25, 0.3) is 0 Å². The number of fused-ring (bicyclic) bond motifs is 1. The maximum absolute atomic E-state index is 3.74. The summed E-state index contributed by atoms with van der Waals surface area (Å²) in [5, 5.41) is 3.74. The van der Waals surface area contributed by atoms with Gasteiger partial charge in [-0.1, -0.05) is 40.0 Å². The van der Waals surface area contributed by atoms with Crippen LogP contribution < -0.4 is 5.32 Å². The van der Waals surface area contributed by atoms with Gasteiger partial charge in [-0.25, -0.2) is 0 Å². The molecule has 0 aromatic carbocycles. The van der Waals surface area contributed by atoms with Crippen molar-refractivity contribution in [2.45, 2.75) is 71.8 Å². The van der Waals surface area contributed by atoms with Crippen molar-refractivity contribution >= 4 is 11.3 Å². The predicted molar refractivity (Wildman–Crippen MR) is 86.1 cm³/mol. The Morgan fingerprint density at radius 2 is 1.84 bits per heavy atom. The fourth-order valence-corrected chi connectivity index (χ4v) is 4.75. The molecule has 0 bridgehead atoms. The standard InChI is InChI=1S/C17H29NS/c1-4-13(5-2)17(18-6-3)16-12-14-10-8-7-9-11-15(14)19-16/h12-13,17-18H,4-11H2,1-3H3. The molecule has 0 saturated carbocycles. The third-order valence-electron chi connectivity index (χ3n) is 4.52. The first-order valence-electron chi connectivity index (χ1n) is 8.14. The first-order chi connectivity index (χ1) is 9.30. The number of aryl methyl sites for hydroxylation is 2. The van der Waals surface area contributed by atoms with E-state index in [1.807, 2.05) is 0 Å². The summed E-state index contributed by atoms with van der Waals surface area (Å²) in [7, 11) is 0. The third kappa shape index (κ3) is 3.61. The van der Waals surface area contributed by atoms with Crippen molar-refractivity contribution in [3.8, 4) is 0 Å². The number of hydrogen-bond donors (Lipinski definition) is 1. The smallest absolute Gasteiger partial charge is 0.0443 e. The molecule has 2 heteroatoms. The zero-order chi connectivity index (χ0) is 13.7. The first-order valence-corrected chi connectivity index (χ1v) is 8.96. The zero-order valence-corrected chi connectivity index (χ0v) is 13.6. The Bertz CT molecular complexity index is 355. The average molecular weight is 279 g/mol. The van der Waals surface area contributed by atoms with Gasteiger partial charge in [0.05, 0.1) is 0 Å². The molecule has 2 rings (SSSR count). The summed E-state index contributed by atoms with van der Waals surface area (Å²) in [6.45, 7) is 7.96. The molecule has 1 atom stereocenters. The Balaban J connectivity index is 2.21. The molecule has 1 aromatic heterocycles. The van der Waals surface area contributed by atoms with Crippen molar-refractivity contribution in [1.82, 2.24) is 5.32 Å². The molecular formula is C17H29NS. The van der Waals surface area contributed by atoms with Gasteiger partial charge in [0, 0.05) is 15.8 Å². The van der Waals surface area contributed by atoms with Gasteiger partial charge in [0.1, 0.15) is 0 Å². The third-order valence-corrected chi connectivity index (χ3v) is 5.84. The molecule has 1 N–H and O–H groups in total. The van der Waals surface area contributed by atoms with Crippen molar-refractivity contribution in [2.24, 2.45) is 5.92 Å². The minimum absolute atomic E-state index is 0.580. The Morgan fingerprint density at radius 1 is 1.11 bits per heavy atom. The summed E-state index contributed by atoms with van der Waals surface area (Å²) < 4.78 is 0. The van der Waals surface area contributed by atoms with Crippen LogP contribution in [0, 0.1) is 5.92 Å². The quantitative estimate of drug-likeness (QED) is 0.714. The van der Waals surface area contributed by atoms with E-state index in [0.29, 0.717) is 6.04 Å². The molecule has 0 saturated heterocycles. The lowest BCUT2D eigenvalue weighted by molar-refractivity contribution is 0.351. The van der Waals surface area contributed by atoms with Crippen molar-refractivity contribution in [3.05, 3.63) is 21.4 Å². The van der Waals surface area contributed by atoms with Crippen LogP contribution in [0.1, 0.15) is 74.2 Å². The average Bonchev–Trinajstić information content (AvgIpc) is 2.70. The van der Waals surface area contributed by atoms with E-state index in [2.05, 4.69) is 43.5 Å². The molecule has 1 nitrogen and oxygen atoms in total.